The number of fused-ring (bicyclic) bond motifs is 1. The lowest BCUT2D eigenvalue weighted by atomic mass is 10.1. The van der Waals surface area contributed by atoms with Gasteiger partial charge in [0.2, 0.25) is 0 Å². The third-order valence-corrected chi connectivity index (χ3v) is 4.69. The number of hydrogen-bond acceptors (Lipinski definition) is 3. The van der Waals surface area contributed by atoms with E-state index in [-0.39, 0.29) is 23.2 Å². The van der Waals surface area contributed by atoms with E-state index in [0.717, 1.165) is 31.2 Å². The molecule has 11 heteroatoms. The predicted octanol–water partition coefficient (Wildman–Crippen LogP) is 6.49. The van der Waals surface area contributed by atoms with Gasteiger partial charge in [-0.05, 0) is 36.8 Å². The Kier molecular flexibility index (Phi) is 5.88. The smallest absolute Gasteiger partial charge is 0.424 e. The molecule has 0 aliphatic rings. The summed E-state index contributed by atoms with van der Waals surface area (Å²) in [5, 5.41) is -0.575. The molecule has 0 N–H and O–H groups in total. The van der Waals surface area contributed by atoms with Crippen LogP contribution >= 0.6 is 11.6 Å². The van der Waals surface area contributed by atoms with Crippen LogP contribution in [0.4, 0.5) is 26.3 Å². The number of ether oxygens (including phenoxy) is 2. The van der Waals surface area contributed by atoms with Crippen molar-refractivity contribution in [2.75, 3.05) is 0 Å². The third-order valence-electron chi connectivity index (χ3n) is 4.38. The second-order valence-electron chi connectivity index (χ2n) is 6.64. The number of aromatic nitrogens is 1. The molecule has 0 fully saturated rings. The molecule has 0 saturated carbocycles. The van der Waals surface area contributed by atoms with Gasteiger partial charge < -0.3 is 14.0 Å². The molecule has 0 atom stereocenters. The lowest BCUT2D eigenvalue weighted by Gasteiger charge is -2.13. The zero-order valence-electron chi connectivity index (χ0n) is 16.0. The average molecular weight is 466 g/mol. The van der Waals surface area contributed by atoms with Gasteiger partial charge in [-0.1, -0.05) is 23.7 Å². The zero-order chi connectivity index (χ0) is 23.1. The molecule has 1 heterocycles. The first-order valence-corrected chi connectivity index (χ1v) is 9.06. The van der Waals surface area contributed by atoms with Crippen molar-refractivity contribution in [1.29, 1.82) is 0 Å². The summed E-state index contributed by atoms with van der Waals surface area (Å²) >= 11 is 5.84. The molecule has 4 nitrogen and oxygen atoms in total. The van der Waals surface area contributed by atoms with Gasteiger partial charge in [0.1, 0.15) is 5.75 Å². The quantitative estimate of drug-likeness (QED) is 0.326. The molecular formula is C20H14ClF6NO3. The van der Waals surface area contributed by atoms with Crippen LogP contribution in [-0.4, -0.2) is 16.9 Å². The van der Waals surface area contributed by atoms with E-state index in [4.69, 9.17) is 16.3 Å². The summed E-state index contributed by atoms with van der Waals surface area (Å²) in [6, 6.07) is 6.99. The molecule has 0 amide bonds. The molecule has 0 spiro atoms. The van der Waals surface area contributed by atoms with Crippen molar-refractivity contribution in [3.8, 4) is 11.5 Å². The molecule has 3 rings (SSSR count). The molecule has 0 bridgehead atoms. The van der Waals surface area contributed by atoms with Gasteiger partial charge in [-0.25, -0.2) is 0 Å². The first kappa shape index (κ1) is 22.8. The summed E-state index contributed by atoms with van der Waals surface area (Å²) in [6.45, 7) is 2.57. The van der Waals surface area contributed by atoms with E-state index in [1.165, 1.54) is 23.6 Å². The van der Waals surface area contributed by atoms with Crippen LogP contribution in [0.25, 0.3) is 10.9 Å². The van der Waals surface area contributed by atoms with Crippen LogP contribution in [0, 0.1) is 6.92 Å². The highest BCUT2D eigenvalue weighted by Crippen LogP contribution is 2.42. The molecular weight excluding hydrogens is 452 g/mol. The molecule has 3 aromatic rings. The maximum Gasteiger partial charge on any atom is 0.573 e. The molecule has 0 saturated heterocycles. The van der Waals surface area contributed by atoms with Crippen LogP contribution in [0.15, 0.2) is 36.4 Å². The zero-order valence-corrected chi connectivity index (χ0v) is 16.7. The number of rotatable bonds is 4. The number of carbonyl (C=O) groups excluding carboxylic acids is 1. The Bertz CT molecular complexity index is 1150. The molecule has 2 aromatic carbocycles. The Balaban J connectivity index is 2.14. The number of alkyl halides is 6. The maximum absolute atomic E-state index is 13.3. The maximum atomic E-state index is 13.3. The van der Waals surface area contributed by atoms with Crippen molar-refractivity contribution in [3.05, 3.63) is 58.2 Å². The summed E-state index contributed by atoms with van der Waals surface area (Å²) in [5.74, 6) is -1.28. The van der Waals surface area contributed by atoms with Gasteiger partial charge in [-0.15, -0.1) is 13.2 Å². The number of hydrogen-bond donors (Lipinski definition) is 0. The second kappa shape index (κ2) is 7.99. The highest BCUT2D eigenvalue weighted by Gasteiger charge is 2.35. The van der Waals surface area contributed by atoms with Crippen molar-refractivity contribution in [3.63, 3.8) is 0 Å². The Labute approximate surface area is 176 Å². The summed E-state index contributed by atoms with van der Waals surface area (Å²) in [6.07, 6.45) is -9.61. The minimum Gasteiger partial charge on any atom is -0.424 e. The van der Waals surface area contributed by atoms with E-state index < -0.39 is 34.8 Å². The molecule has 31 heavy (non-hydrogen) atoms. The Morgan fingerprint density at radius 1 is 1.10 bits per heavy atom. The van der Waals surface area contributed by atoms with Crippen LogP contribution in [0.2, 0.25) is 5.02 Å². The van der Waals surface area contributed by atoms with Gasteiger partial charge in [-0.3, -0.25) is 4.79 Å². The van der Waals surface area contributed by atoms with Gasteiger partial charge in [0.15, 0.2) is 5.75 Å². The summed E-state index contributed by atoms with van der Waals surface area (Å²) in [4.78, 5) is 11.5. The highest BCUT2D eigenvalue weighted by molar-refractivity contribution is 6.32. The van der Waals surface area contributed by atoms with E-state index in [9.17, 15) is 31.1 Å². The first-order chi connectivity index (χ1) is 14.3. The summed E-state index contributed by atoms with van der Waals surface area (Å²) in [5.41, 5.74) is -0.225. The van der Waals surface area contributed by atoms with Gasteiger partial charge in [0.05, 0.1) is 21.8 Å². The predicted molar refractivity (Wildman–Crippen MR) is 100 cm³/mol. The first-order valence-electron chi connectivity index (χ1n) is 8.69. The summed E-state index contributed by atoms with van der Waals surface area (Å²) < 4.78 is 87.9. The Hall–Kier alpha value is -2.88. The number of esters is 1. The van der Waals surface area contributed by atoms with Crippen molar-refractivity contribution < 1.29 is 40.6 Å². The van der Waals surface area contributed by atoms with Crippen LogP contribution < -0.4 is 9.47 Å². The van der Waals surface area contributed by atoms with Crippen LogP contribution in [0.5, 0.6) is 11.5 Å². The van der Waals surface area contributed by atoms with E-state index in [0.29, 0.717) is 11.3 Å². The molecule has 1 aromatic heterocycles. The minimum absolute atomic E-state index is 0.00730. The number of carbonyl (C=O) groups is 1. The molecule has 166 valence electrons. The van der Waals surface area contributed by atoms with Crippen LogP contribution in [0.1, 0.15) is 23.7 Å². The minimum atomic E-state index is -4.88. The number of nitrogens with zero attached hydrogens (tertiary/aromatic N) is 1. The topological polar surface area (TPSA) is 40.5 Å². The monoisotopic (exact) mass is 465 g/mol. The number of halogens is 7. The van der Waals surface area contributed by atoms with E-state index >= 15 is 0 Å². The van der Waals surface area contributed by atoms with E-state index in [1.807, 2.05) is 0 Å². The van der Waals surface area contributed by atoms with E-state index in [2.05, 4.69) is 4.74 Å². The second-order valence-corrected chi connectivity index (χ2v) is 7.04. The fraction of sp³-hybridized carbons (Fsp3) is 0.250. The van der Waals surface area contributed by atoms with Crippen LogP contribution in [-0.2, 0) is 17.5 Å². The number of benzene rings is 2. The molecule has 0 aliphatic heterocycles. The Morgan fingerprint density at radius 2 is 1.77 bits per heavy atom. The third kappa shape index (κ3) is 5.07. The van der Waals surface area contributed by atoms with Crippen molar-refractivity contribution >= 4 is 28.5 Å². The normalized spacial score (nSPS) is 12.3. The van der Waals surface area contributed by atoms with Gasteiger partial charge in [-0.2, -0.15) is 13.2 Å². The fourth-order valence-electron chi connectivity index (χ4n) is 3.18. The Morgan fingerprint density at radius 3 is 2.35 bits per heavy atom. The largest absolute Gasteiger partial charge is 0.573 e. The highest BCUT2D eigenvalue weighted by atomic mass is 35.5. The molecule has 0 unspecified atom stereocenters. The van der Waals surface area contributed by atoms with Crippen molar-refractivity contribution in [2.45, 2.75) is 32.9 Å². The molecule has 0 radical (unpaired) electrons. The lowest BCUT2D eigenvalue weighted by Crippen LogP contribution is -2.17. The van der Waals surface area contributed by atoms with Crippen molar-refractivity contribution in [2.24, 2.45) is 0 Å². The van der Waals surface area contributed by atoms with Crippen molar-refractivity contribution in [1.82, 2.24) is 4.57 Å². The fourth-order valence-corrected chi connectivity index (χ4v) is 3.45. The SMILES string of the molecule is CC(=O)Oc1c(C)n(Cc2cccc(OC(F)(F)F)c2)c2cc(Cl)c(C(F)(F)F)cc12. The standard InChI is InChI=1S/C20H14ClF6NO3/c1-10-18(30-11(2)29)14-7-15(19(22,23)24)16(21)8-17(14)28(10)9-12-4-3-5-13(6-12)31-20(25,26)27/h3-8H,9H2,1-2H3. The average Bonchev–Trinajstić information content (AvgIpc) is 2.84. The molecule has 0 aliphatic carbocycles. The lowest BCUT2D eigenvalue weighted by molar-refractivity contribution is -0.274. The summed E-state index contributed by atoms with van der Waals surface area (Å²) in [7, 11) is 0. The van der Waals surface area contributed by atoms with Gasteiger partial charge in [0, 0.05) is 18.9 Å². The van der Waals surface area contributed by atoms with E-state index in [1.54, 1.807) is 0 Å². The van der Waals surface area contributed by atoms with Crippen LogP contribution in [0.3, 0.4) is 0 Å². The van der Waals surface area contributed by atoms with Gasteiger partial charge in [0.25, 0.3) is 0 Å². The van der Waals surface area contributed by atoms with Gasteiger partial charge >= 0.3 is 18.5 Å².